The first kappa shape index (κ1) is 20.3. The van der Waals surface area contributed by atoms with Crippen molar-refractivity contribution in [2.75, 3.05) is 25.2 Å². The van der Waals surface area contributed by atoms with E-state index in [4.69, 9.17) is 9.47 Å². The summed E-state index contributed by atoms with van der Waals surface area (Å²) in [5.74, 6) is -0.245. The summed E-state index contributed by atoms with van der Waals surface area (Å²) in [6.07, 6.45) is -5.36. The van der Waals surface area contributed by atoms with Crippen LogP contribution in [0.15, 0.2) is 47.4 Å². The minimum Gasteiger partial charge on any atom is -0.495 e. The number of benzene rings is 2. The Bertz CT molecular complexity index is 885. The normalized spacial score (nSPS) is 18.0. The van der Waals surface area contributed by atoms with E-state index in [0.717, 1.165) is 6.07 Å². The molecule has 1 fully saturated rings. The zero-order chi connectivity index (χ0) is 20.3. The monoisotopic (exact) mass is 412 g/mol. The number of nitrogens with zero attached hydrogens (tertiary/aromatic N) is 2. The van der Waals surface area contributed by atoms with Gasteiger partial charge in [0.05, 0.1) is 31.0 Å². The number of methoxy groups -OCH3 is 1. The topological polar surface area (TPSA) is 45.5 Å². The molecule has 0 aliphatic carbocycles. The van der Waals surface area contributed by atoms with Gasteiger partial charge in [-0.3, -0.25) is 0 Å². The Morgan fingerprint density at radius 3 is 2.71 bits per heavy atom. The third kappa shape index (κ3) is 4.18. The highest BCUT2D eigenvalue weighted by atomic mass is 32.2. The Hall–Kier alpha value is -2.44. The van der Waals surface area contributed by atoms with Gasteiger partial charge >= 0.3 is 6.18 Å². The molecule has 0 N–H and O–H groups in total. The number of nitriles is 1. The van der Waals surface area contributed by atoms with Crippen LogP contribution in [0.5, 0.6) is 5.75 Å². The van der Waals surface area contributed by atoms with E-state index in [0.29, 0.717) is 48.5 Å². The summed E-state index contributed by atoms with van der Waals surface area (Å²) in [6, 6.07) is 11.3. The van der Waals surface area contributed by atoms with Gasteiger partial charge in [0.25, 0.3) is 0 Å². The third-order valence-electron chi connectivity index (χ3n) is 4.22. The largest absolute Gasteiger partial charge is 0.495 e. The Kier molecular flexibility index (Phi) is 6.01. The molecule has 1 aliphatic rings. The average molecular weight is 412 g/mol. The molecule has 3 rings (SSSR count). The van der Waals surface area contributed by atoms with Crippen molar-refractivity contribution in [1.82, 2.24) is 0 Å². The van der Waals surface area contributed by atoms with Crippen LogP contribution in [-0.4, -0.2) is 31.7 Å². The van der Waals surface area contributed by atoms with Crippen molar-refractivity contribution in [3.05, 3.63) is 53.8 Å². The van der Waals surface area contributed by atoms with Crippen LogP contribution in [0, 0.1) is 17.1 Å². The molecule has 9 heteroatoms. The minimum atomic E-state index is -4.60. The predicted octanol–water partition coefficient (Wildman–Crippen LogP) is 4.70. The lowest BCUT2D eigenvalue weighted by Crippen LogP contribution is -2.38. The number of anilines is 1. The third-order valence-corrected chi connectivity index (χ3v) is 5.38. The maximum atomic E-state index is 14.1. The van der Waals surface area contributed by atoms with Gasteiger partial charge in [-0.2, -0.15) is 18.4 Å². The summed E-state index contributed by atoms with van der Waals surface area (Å²) < 4.78 is 63.9. The molecule has 0 aromatic heterocycles. The standard InChI is InChI=1S/C19H16F4N2O2S/c1-26-15-5-3-2-4-14(15)25-8-9-27-18(25)17(11-24)28-16-10-12(19(21,22)23)6-7-13(16)20/h2-7,10,17-18H,8-9H2,1H3. The predicted molar refractivity (Wildman–Crippen MR) is 96.7 cm³/mol. The number of rotatable bonds is 5. The van der Waals surface area contributed by atoms with E-state index in [9.17, 15) is 22.8 Å². The fraction of sp³-hybridized carbons (Fsp3) is 0.316. The molecule has 28 heavy (non-hydrogen) atoms. The molecule has 0 bridgehead atoms. The molecule has 2 unspecified atom stereocenters. The molecule has 2 aromatic rings. The summed E-state index contributed by atoms with van der Waals surface area (Å²) in [7, 11) is 1.51. The van der Waals surface area contributed by atoms with Crippen molar-refractivity contribution in [2.45, 2.75) is 22.5 Å². The van der Waals surface area contributed by atoms with Crippen molar-refractivity contribution in [3.8, 4) is 11.8 Å². The summed E-state index contributed by atoms with van der Waals surface area (Å²) in [6.45, 7) is 0.793. The number of halogens is 4. The van der Waals surface area contributed by atoms with Crippen molar-refractivity contribution in [2.24, 2.45) is 0 Å². The van der Waals surface area contributed by atoms with E-state index in [2.05, 4.69) is 0 Å². The molecule has 0 amide bonds. The lowest BCUT2D eigenvalue weighted by molar-refractivity contribution is -0.137. The molecule has 2 aromatic carbocycles. The number of hydrogen-bond acceptors (Lipinski definition) is 5. The summed E-state index contributed by atoms with van der Waals surface area (Å²) in [5, 5.41) is 8.65. The molecule has 1 aliphatic heterocycles. The molecule has 4 nitrogen and oxygen atoms in total. The summed E-state index contributed by atoms with van der Waals surface area (Å²) >= 11 is 0.711. The second kappa shape index (κ2) is 8.29. The SMILES string of the molecule is COc1ccccc1N1CCOC1C(C#N)Sc1cc(C(F)(F)F)ccc1F. The molecule has 0 radical (unpaired) electrons. The van der Waals surface area contributed by atoms with Gasteiger partial charge in [0, 0.05) is 11.4 Å². The Morgan fingerprint density at radius 1 is 1.29 bits per heavy atom. The number of hydrogen-bond donors (Lipinski definition) is 0. The van der Waals surface area contributed by atoms with E-state index < -0.39 is 29.0 Å². The minimum absolute atomic E-state index is 0.253. The first-order valence-corrected chi connectivity index (χ1v) is 9.17. The van der Waals surface area contributed by atoms with E-state index in [1.807, 2.05) is 6.07 Å². The van der Waals surface area contributed by atoms with Crippen LogP contribution in [0.1, 0.15) is 5.56 Å². The van der Waals surface area contributed by atoms with Crippen LogP contribution in [0.2, 0.25) is 0 Å². The van der Waals surface area contributed by atoms with Crippen molar-refractivity contribution < 1.29 is 27.0 Å². The first-order valence-electron chi connectivity index (χ1n) is 8.29. The second-order valence-electron chi connectivity index (χ2n) is 5.94. The highest BCUT2D eigenvalue weighted by Crippen LogP contribution is 2.39. The lowest BCUT2D eigenvalue weighted by Gasteiger charge is -2.29. The maximum absolute atomic E-state index is 14.1. The number of para-hydroxylation sites is 2. The molecule has 2 atom stereocenters. The number of thioether (sulfide) groups is 1. The smallest absolute Gasteiger partial charge is 0.416 e. The van der Waals surface area contributed by atoms with Gasteiger partial charge in [-0.05, 0) is 30.3 Å². The molecule has 0 spiro atoms. The van der Waals surface area contributed by atoms with E-state index >= 15 is 0 Å². The quantitative estimate of drug-likeness (QED) is 0.526. The van der Waals surface area contributed by atoms with Crippen LogP contribution >= 0.6 is 11.8 Å². The second-order valence-corrected chi connectivity index (χ2v) is 7.12. The Morgan fingerprint density at radius 2 is 2.04 bits per heavy atom. The van der Waals surface area contributed by atoms with Crippen molar-refractivity contribution in [1.29, 1.82) is 5.26 Å². The zero-order valence-corrected chi connectivity index (χ0v) is 15.6. The fourth-order valence-corrected chi connectivity index (χ4v) is 3.96. The highest BCUT2D eigenvalue weighted by Gasteiger charge is 2.37. The summed E-state index contributed by atoms with van der Waals surface area (Å²) in [5.41, 5.74) is -0.278. The Balaban J connectivity index is 1.89. The average Bonchev–Trinajstić information content (AvgIpc) is 3.15. The van der Waals surface area contributed by atoms with Crippen LogP contribution in [-0.2, 0) is 10.9 Å². The van der Waals surface area contributed by atoms with Gasteiger partial charge in [0.2, 0.25) is 0 Å². The van der Waals surface area contributed by atoms with Crippen LogP contribution in [0.3, 0.4) is 0 Å². The van der Waals surface area contributed by atoms with Gasteiger partial charge in [0.15, 0.2) is 6.23 Å². The van der Waals surface area contributed by atoms with E-state index in [1.165, 1.54) is 7.11 Å². The molecular weight excluding hydrogens is 396 g/mol. The molecule has 148 valence electrons. The first-order chi connectivity index (χ1) is 13.3. The van der Waals surface area contributed by atoms with Crippen LogP contribution in [0.4, 0.5) is 23.2 Å². The fourth-order valence-electron chi connectivity index (χ4n) is 2.92. The van der Waals surface area contributed by atoms with Gasteiger partial charge in [0.1, 0.15) is 16.8 Å². The van der Waals surface area contributed by atoms with E-state index in [1.54, 1.807) is 29.2 Å². The van der Waals surface area contributed by atoms with Gasteiger partial charge in [-0.15, -0.1) is 0 Å². The maximum Gasteiger partial charge on any atom is 0.416 e. The molecule has 0 saturated carbocycles. The summed E-state index contributed by atoms with van der Waals surface area (Å²) in [4.78, 5) is 1.54. The Labute approximate surface area is 163 Å². The van der Waals surface area contributed by atoms with Gasteiger partial charge in [-0.1, -0.05) is 23.9 Å². The zero-order valence-electron chi connectivity index (χ0n) is 14.7. The number of ether oxygens (including phenoxy) is 2. The molecule has 1 saturated heterocycles. The van der Waals surface area contributed by atoms with E-state index in [-0.39, 0.29) is 4.90 Å². The highest BCUT2D eigenvalue weighted by molar-refractivity contribution is 8.00. The van der Waals surface area contributed by atoms with Gasteiger partial charge in [-0.25, -0.2) is 4.39 Å². The van der Waals surface area contributed by atoms with Crippen LogP contribution < -0.4 is 9.64 Å². The number of alkyl halides is 3. The molecule has 1 heterocycles. The molecular formula is C19H16F4N2O2S. The van der Waals surface area contributed by atoms with Crippen molar-refractivity contribution >= 4 is 17.4 Å². The lowest BCUT2D eigenvalue weighted by atomic mass is 10.2. The van der Waals surface area contributed by atoms with Crippen molar-refractivity contribution in [3.63, 3.8) is 0 Å². The van der Waals surface area contributed by atoms with Crippen LogP contribution in [0.25, 0.3) is 0 Å². The van der Waals surface area contributed by atoms with Gasteiger partial charge < -0.3 is 14.4 Å².